The van der Waals surface area contributed by atoms with Crippen LogP contribution in [0.25, 0.3) is 11.4 Å². The van der Waals surface area contributed by atoms with Gasteiger partial charge in [-0.1, -0.05) is 19.1 Å². The molecule has 0 spiro atoms. The third-order valence-corrected chi connectivity index (χ3v) is 4.17. The van der Waals surface area contributed by atoms with Gasteiger partial charge in [0.05, 0.1) is 0 Å². The lowest BCUT2D eigenvalue weighted by molar-refractivity contribution is -0.116. The average molecular weight is 326 g/mol. The minimum atomic E-state index is -0.168. The molecule has 1 amide bonds. The van der Waals surface area contributed by atoms with Crippen LogP contribution in [-0.2, 0) is 11.2 Å². The van der Waals surface area contributed by atoms with Crippen LogP contribution in [0.3, 0.4) is 0 Å². The van der Waals surface area contributed by atoms with E-state index in [0.717, 1.165) is 30.6 Å². The topological polar surface area (TPSA) is 86.9 Å². The first kappa shape index (κ1) is 16.4. The molecule has 1 aromatic heterocycles. The normalized spacial score (nSPS) is 17.0. The summed E-state index contributed by atoms with van der Waals surface area (Å²) in [5, 5.41) is 6.24. The van der Waals surface area contributed by atoms with Crippen LogP contribution in [0.4, 0.5) is 5.69 Å². The second-order valence-electron chi connectivity index (χ2n) is 6.07. The molecule has 2 heterocycles. The first-order chi connectivity index (χ1) is 11.6. The Morgan fingerprint density at radius 1 is 1.38 bits per heavy atom. The van der Waals surface area contributed by atoms with Crippen molar-refractivity contribution < 1.29 is 4.79 Å². The minimum absolute atomic E-state index is 0.00434. The zero-order valence-electron chi connectivity index (χ0n) is 13.8. The fourth-order valence-corrected chi connectivity index (χ4v) is 2.94. The van der Waals surface area contributed by atoms with Gasteiger partial charge in [0.25, 0.3) is 5.56 Å². The van der Waals surface area contributed by atoms with Gasteiger partial charge in [0, 0.05) is 35.5 Å². The van der Waals surface area contributed by atoms with Crippen LogP contribution >= 0.6 is 0 Å². The van der Waals surface area contributed by atoms with Gasteiger partial charge in [0.1, 0.15) is 5.82 Å². The predicted molar refractivity (Wildman–Crippen MR) is 93.9 cm³/mol. The largest absolute Gasteiger partial charge is 0.326 e. The van der Waals surface area contributed by atoms with Crippen molar-refractivity contribution >= 4 is 11.6 Å². The number of carbonyl (C=O) groups excluding carboxylic acids is 1. The van der Waals surface area contributed by atoms with Gasteiger partial charge in [0.2, 0.25) is 5.91 Å². The monoisotopic (exact) mass is 326 g/mol. The summed E-state index contributed by atoms with van der Waals surface area (Å²) < 4.78 is 0. The number of benzene rings is 1. The van der Waals surface area contributed by atoms with Crippen molar-refractivity contribution in [1.82, 2.24) is 15.3 Å². The highest BCUT2D eigenvalue weighted by Gasteiger charge is 2.17. The second kappa shape index (κ2) is 7.40. The maximum Gasteiger partial charge on any atom is 0.251 e. The Hall–Kier alpha value is -2.47. The van der Waals surface area contributed by atoms with Gasteiger partial charge >= 0.3 is 0 Å². The van der Waals surface area contributed by atoms with Gasteiger partial charge in [-0.2, -0.15) is 0 Å². The number of hydrogen-bond donors (Lipinski definition) is 3. The lowest BCUT2D eigenvalue weighted by Crippen LogP contribution is -2.27. The van der Waals surface area contributed by atoms with Crippen LogP contribution in [0.2, 0.25) is 0 Å². The number of aromatic nitrogens is 2. The Bertz CT molecular complexity index is 779. The van der Waals surface area contributed by atoms with E-state index in [-0.39, 0.29) is 17.5 Å². The molecular weight excluding hydrogens is 304 g/mol. The van der Waals surface area contributed by atoms with Crippen LogP contribution in [0, 0.1) is 0 Å². The summed E-state index contributed by atoms with van der Waals surface area (Å²) in [6.45, 7) is 2.94. The number of amides is 1. The molecule has 126 valence electrons. The Morgan fingerprint density at radius 3 is 3.00 bits per heavy atom. The lowest BCUT2D eigenvalue weighted by atomic mass is 10.1. The molecule has 0 bridgehead atoms. The molecule has 1 aliphatic heterocycles. The van der Waals surface area contributed by atoms with E-state index in [1.807, 2.05) is 31.2 Å². The quantitative estimate of drug-likeness (QED) is 0.785. The highest BCUT2D eigenvalue weighted by molar-refractivity contribution is 5.91. The Kier molecular flexibility index (Phi) is 5.05. The van der Waals surface area contributed by atoms with Crippen molar-refractivity contribution in [2.24, 2.45) is 0 Å². The third kappa shape index (κ3) is 4.08. The summed E-state index contributed by atoms with van der Waals surface area (Å²) in [6.07, 6.45) is 3.34. The Morgan fingerprint density at radius 2 is 2.25 bits per heavy atom. The van der Waals surface area contributed by atoms with E-state index < -0.39 is 0 Å². The standard InChI is InChI=1S/C18H22N4O2/c1-2-13-10-17(24)22-18(21-13)12-5-3-6-15(9-12)20-16(23)11-14-7-4-8-19-14/h3,5-6,9-10,14,19H,2,4,7-8,11H2,1H3,(H,20,23)(H,21,22,24). The van der Waals surface area contributed by atoms with E-state index >= 15 is 0 Å². The van der Waals surface area contributed by atoms with Crippen molar-refractivity contribution in [3.8, 4) is 11.4 Å². The van der Waals surface area contributed by atoms with E-state index in [4.69, 9.17) is 0 Å². The molecule has 0 radical (unpaired) electrons. The third-order valence-electron chi connectivity index (χ3n) is 4.17. The summed E-state index contributed by atoms with van der Waals surface area (Å²) in [6, 6.07) is 9.16. The highest BCUT2D eigenvalue weighted by atomic mass is 16.1. The molecule has 2 aromatic rings. The second-order valence-corrected chi connectivity index (χ2v) is 6.07. The smallest absolute Gasteiger partial charge is 0.251 e. The van der Waals surface area contributed by atoms with E-state index in [1.54, 1.807) is 0 Å². The van der Waals surface area contributed by atoms with E-state index in [0.29, 0.717) is 24.4 Å². The molecule has 6 nitrogen and oxygen atoms in total. The molecule has 1 aromatic carbocycles. The number of nitrogens with zero attached hydrogens (tertiary/aromatic N) is 1. The maximum absolute atomic E-state index is 12.1. The molecule has 1 aliphatic rings. The van der Waals surface area contributed by atoms with E-state index in [2.05, 4.69) is 20.6 Å². The van der Waals surface area contributed by atoms with Gasteiger partial charge in [0.15, 0.2) is 0 Å². The molecule has 0 saturated carbocycles. The molecule has 1 atom stereocenters. The minimum Gasteiger partial charge on any atom is -0.326 e. The van der Waals surface area contributed by atoms with Crippen molar-refractivity contribution in [2.75, 3.05) is 11.9 Å². The number of rotatable bonds is 5. The number of aromatic amines is 1. The van der Waals surface area contributed by atoms with Crippen LogP contribution in [0.15, 0.2) is 35.1 Å². The molecule has 3 rings (SSSR count). The highest BCUT2D eigenvalue weighted by Crippen LogP contribution is 2.19. The summed E-state index contributed by atoms with van der Waals surface area (Å²) >= 11 is 0. The maximum atomic E-state index is 12.1. The molecule has 3 N–H and O–H groups in total. The van der Waals surface area contributed by atoms with Gasteiger partial charge in [-0.25, -0.2) is 4.98 Å². The van der Waals surface area contributed by atoms with Gasteiger partial charge in [-0.05, 0) is 37.9 Å². The number of hydrogen-bond acceptors (Lipinski definition) is 4. The number of aryl methyl sites for hydroxylation is 1. The van der Waals surface area contributed by atoms with Crippen LogP contribution in [-0.4, -0.2) is 28.5 Å². The molecule has 0 aliphatic carbocycles. The lowest BCUT2D eigenvalue weighted by Gasteiger charge is -2.11. The number of H-pyrrole nitrogens is 1. The summed E-state index contributed by atoms with van der Waals surface area (Å²) in [5.41, 5.74) is 2.06. The fourth-order valence-electron chi connectivity index (χ4n) is 2.94. The molecule has 6 heteroatoms. The Balaban J connectivity index is 1.75. The van der Waals surface area contributed by atoms with Crippen molar-refractivity contribution in [2.45, 2.75) is 38.6 Å². The summed E-state index contributed by atoms with van der Waals surface area (Å²) in [7, 11) is 0. The predicted octanol–water partition coefficient (Wildman–Crippen LogP) is 2.08. The summed E-state index contributed by atoms with van der Waals surface area (Å²) in [5.74, 6) is 0.517. The molecule has 24 heavy (non-hydrogen) atoms. The zero-order valence-corrected chi connectivity index (χ0v) is 13.8. The van der Waals surface area contributed by atoms with Crippen LogP contribution in [0.5, 0.6) is 0 Å². The van der Waals surface area contributed by atoms with Gasteiger partial charge in [-0.15, -0.1) is 0 Å². The van der Waals surface area contributed by atoms with Crippen molar-refractivity contribution in [3.63, 3.8) is 0 Å². The number of carbonyl (C=O) groups is 1. The SMILES string of the molecule is CCc1cc(=O)[nH]c(-c2cccc(NC(=O)CC3CCCN3)c2)n1. The number of anilines is 1. The number of nitrogens with one attached hydrogen (secondary N) is 3. The fraction of sp³-hybridized carbons (Fsp3) is 0.389. The average Bonchev–Trinajstić information content (AvgIpc) is 3.07. The van der Waals surface area contributed by atoms with E-state index in [9.17, 15) is 9.59 Å². The van der Waals surface area contributed by atoms with Crippen LogP contribution < -0.4 is 16.2 Å². The molecular formula is C18H22N4O2. The van der Waals surface area contributed by atoms with Crippen LogP contribution in [0.1, 0.15) is 31.9 Å². The van der Waals surface area contributed by atoms with Crippen molar-refractivity contribution in [1.29, 1.82) is 0 Å². The Labute approximate surface area is 140 Å². The molecule has 1 saturated heterocycles. The first-order valence-electron chi connectivity index (χ1n) is 8.38. The molecule has 1 fully saturated rings. The van der Waals surface area contributed by atoms with Gasteiger partial charge < -0.3 is 15.6 Å². The zero-order chi connectivity index (χ0) is 16.9. The molecule has 1 unspecified atom stereocenters. The van der Waals surface area contributed by atoms with E-state index in [1.165, 1.54) is 6.07 Å². The van der Waals surface area contributed by atoms with Gasteiger partial charge in [-0.3, -0.25) is 9.59 Å². The van der Waals surface area contributed by atoms with Crippen molar-refractivity contribution in [3.05, 3.63) is 46.4 Å². The summed E-state index contributed by atoms with van der Waals surface area (Å²) in [4.78, 5) is 31.1. The first-order valence-corrected chi connectivity index (χ1v) is 8.38.